The van der Waals surface area contributed by atoms with Gasteiger partial charge in [0.1, 0.15) is 6.10 Å². The highest BCUT2D eigenvalue weighted by Crippen LogP contribution is 2.49. The molecule has 0 radical (unpaired) electrons. The predicted molar refractivity (Wildman–Crippen MR) is 140 cm³/mol. The molecule has 1 saturated heterocycles. The zero-order chi connectivity index (χ0) is 28.4. The van der Waals surface area contributed by atoms with Crippen molar-refractivity contribution in [2.75, 3.05) is 5.75 Å². The fraction of sp³-hybridized carbons (Fsp3) is 0.440. The second-order valence-electron chi connectivity index (χ2n) is 9.34. The van der Waals surface area contributed by atoms with Crippen molar-refractivity contribution >= 4 is 39.4 Å². The van der Waals surface area contributed by atoms with Crippen LogP contribution in [0.4, 0.5) is 5.69 Å². The van der Waals surface area contributed by atoms with Crippen LogP contribution >= 0.6 is 11.8 Å². The lowest BCUT2D eigenvalue weighted by atomic mass is 9.91. The van der Waals surface area contributed by atoms with Gasteiger partial charge in [0.05, 0.1) is 27.4 Å². The molecule has 2 aromatic rings. The van der Waals surface area contributed by atoms with E-state index in [9.17, 15) is 33.2 Å². The summed E-state index contributed by atoms with van der Waals surface area (Å²) in [5.41, 5.74) is -2.00. The van der Waals surface area contributed by atoms with Crippen molar-refractivity contribution in [1.82, 2.24) is 4.31 Å². The fourth-order valence-corrected chi connectivity index (χ4v) is 7.49. The number of non-ortho nitro benzene ring substituents is 1. The summed E-state index contributed by atoms with van der Waals surface area (Å²) in [5, 5.41) is 21.2. The molecule has 1 fully saturated rings. The molecule has 1 aliphatic rings. The van der Waals surface area contributed by atoms with Gasteiger partial charge in [0, 0.05) is 17.9 Å². The summed E-state index contributed by atoms with van der Waals surface area (Å²) < 4.78 is 39.9. The first kappa shape index (κ1) is 29.6. The Morgan fingerprint density at radius 3 is 1.97 bits per heavy atom. The molecule has 13 heteroatoms. The van der Waals surface area contributed by atoms with E-state index in [0.717, 1.165) is 17.3 Å². The van der Waals surface area contributed by atoms with Crippen LogP contribution in [0, 0.1) is 17.0 Å². The van der Waals surface area contributed by atoms with Crippen molar-refractivity contribution in [2.45, 2.75) is 68.7 Å². The van der Waals surface area contributed by atoms with E-state index < -0.39 is 56.1 Å². The minimum Gasteiger partial charge on any atom is -0.461 e. The van der Waals surface area contributed by atoms with Crippen molar-refractivity contribution in [3.8, 4) is 0 Å². The second kappa shape index (κ2) is 11.4. The summed E-state index contributed by atoms with van der Waals surface area (Å²) in [6, 6.07) is 10.8. The van der Waals surface area contributed by atoms with Gasteiger partial charge in [-0.3, -0.25) is 10.1 Å². The third kappa shape index (κ3) is 5.55. The standard InChI is InChI=1S/C25H30N2O9S2/c1-15(2)35-23(29)25(24(30)36-16(3)4)21(28)14-37-22(18-8-10-19(11-9-18)27(31)32)26(25)38(33,34)20-12-6-17(5)7-13-20/h6-13,15-16,21-22,28H,14H2,1-5H3/t21-,22+/m1/s1. The minimum absolute atomic E-state index is 0.229. The van der Waals surface area contributed by atoms with Gasteiger partial charge < -0.3 is 14.6 Å². The van der Waals surface area contributed by atoms with Crippen LogP contribution in [-0.4, -0.2) is 64.3 Å². The number of ether oxygens (including phenoxy) is 2. The zero-order valence-corrected chi connectivity index (χ0v) is 23.2. The number of carbonyl (C=O) groups excluding carboxylic acids is 2. The largest absolute Gasteiger partial charge is 0.461 e. The van der Waals surface area contributed by atoms with Crippen LogP contribution in [0.15, 0.2) is 53.4 Å². The molecule has 1 heterocycles. The number of esters is 2. The molecule has 2 atom stereocenters. The Morgan fingerprint density at radius 1 is 1.03 bits per heavy atom. The molecule has 2 aromatic carbocycles. The lowest BCUT2D eigenvalue weighted by Gasteiger charge is -2.48. The summed E-state index contributed by atoms with van der Waals surface area (Å²) in [7, 11) is -4.69. The third-order valence-corrected chi connectivity index (χ3v) is 9.05. The van der Waals surface area contributed by atoms with E-state index in [1.165, 1.54) is 64.1 Å². The van der Waals surface area contributed by atoms with Crippen molar-refractivity contribution in [3.05, 3.63) is 69.8 Å². The van der Waals surface area contributed by atoms with E-state index in [2.05, 4.69) is 0 Å². The Bertz CT molecular complexity index is 1270. The molecule has 0 saturated carbocycles. The summed E-state index contributed by atoms with van der Waals surface area (Å²) in [6.45, 7) is 7.86. The molecule has 0 amide bonds. The number of aliphatic hydroxyl groups excluding tert-OH is 1. The summed E-state index contributed by atoms with van der Waals surface area (Å²) in [5.74, 6) is -2.80. The highest BCUT2D eigenvalue weighted by Gasteiger charge is 2.67. The van der Waals surface area contributed by atoms with Crippen molar-refractivity contribution < 1.29 is 37.5 Å². The molecule has 38 heavy (non-hydrogen) atoms. The number of nitrogens with zero attached hydrogens (tertiary/aromatic N) is 2. The van der Waals surface area contributed by atoms with E-state index in [1.807, 2.05) is 0 Å². The molecule has 3 rings (SSSR count). The Kier molecular flexibility index (Phi) is 8.86. The first-order valence-electron chi connectivity index (χ1n) is 11.8. The molecule has 1 aliphatic heterocycles. The number of aryl methyl sites for hydroxylation is 1. The van der Waals surface area contributed by atoms with Crippen LogP contribution in [-0.2, 0) is 29.1 Å². The van der Waals surface area contributed by atoms with Crippen molar-refractivity contribution in [2.24, 2.45) is 0 Å². The van der Waals surface area contributed by atoms with Crippen molar-refractivity contribution in [1.29, 1.82) is 0 Å². The maximum Gasteiger partial charge on any atom is 0.342 e. The highest BCUT2D eigenvalue weighted by molar-refractivity contribution is 8.00. The number of nitro benzene ring substituents is 1. The number of sulfonamides is 1. The average Bonchev–Trinajstić information content (AvgIpc) is 2.83. The third-order valence-electron chi connectivity index (χ3n) is 5.73. The number of carbonyl (C=O) groups is 2. The van der Waals surface area contributed by atoms with Gasteiger partial charge in [-0.05, 0) is 64.4 Å². The first-order chi connectivity index (χ1) is 17.7. The Hall–Kier alpha value is -3.00. The maximum absolute atomic E-state index is 14.3. The Labute approximate surface area is 225 Å². The van der Waals surface area contributed by atoms with Crippen LogP contribution in [0.3, 0.4) is 0 Å². The predicted octanol–water partition coefficient (Wildman–Crippen LogP) is 3.34. The number of aliphatic hydroxyl groups is 1. The molecular formula is C25H30N2O9S2. The van der Waals surface area contributed by atoms with E-state index in [1.54, 1.807) is 19.1 Å². The monoisotopic (exact) mass is 566 g/mol. The molecule has 206 valence electrons. The van der Waals surface area contributed by atoms with Gasteiger partial charge in [0.15, 0.2) is 0 Å². The Morgan fingerprint density at radius 2 is 1.53 bits per heavy atom. The first-order valence-corrected chi connectivity index (χ1v) is 14.3. The number of hydrogen-bond donors (Lipinski definition) is 1. The van der Waals surface area contributed by atoms with Gasteiger partial charge in [-0.1, -0.05) is 17.7 Å². The van der Waals surface area contributed by atoms with Crippen LogP contribution < -0.4 is 0 Å². The summed E-state index contributed by atoms with van der Waals surface area (Å²) >= 11 is 0.958. The average molecular weight is 567 g/mol. The van der Waals surface area contributed by atoms with Crippen LogP contribution in [0.1, 0.15) is 44.2 Å². The fourth-order valence-electron chi connectivity index (χ4n) is 3.98. The molecule has 0 aromatic heterocycles. The smallest absolute Gasteiger partial charge is 0.342 e. The second-order valence-corrected chi connectivity index (χ2v) is 12.3. The molecule has 0 spiro atoms. The number of thioether (sulfide) groups is 1. The lowest BCUT2D eigenvalue weighted by Crippen LogP contribution is -2.72. The van der Waals surface area contributed by atoms with Gasteiger partial charge in [0.2, 0.25) is 10.0 Å². The van der Waals surface area contributed by atoms with Gasteiger partial charge in [-0.25, -0.2) is 18.0 Å². The van der Waals surface area contributed by atoms with Gasteiger partial charge in [-0.2, -0.15) is 4.31 Å². The van der Waals surface area contributed by atoms with Crippen molar-refractivity contribution in [3.63, 3.8) is 0 Å². The molecule has 0 aliphatic carbocycles. The quantitative estimate of drug-likeness (QED) is 0.218. The van der Waals surface area contributed by atoms with Gasteiger partial charge in [-0.15, -0.1) is 11.8 Å². The SMILES string of the molecule is Cc1ccc(S(=O)(=O)N2[C@H](c3ccc([N+](=O)[O-])cc3)SC[C@@H](O)C2(C(=O)OC(C)C)C(=O)OC(C)C)cc1. The molecule has 1 N–H and O–H groups in total. The van der Waals surface area contributed by atoms with E-state index >= 15 is 0 Å². The summed E-state index contributed by atoms with van der Waals surface area (Å²) in [4.78, 5) is 37.8. The highest BCUT2D eigenvalue weighted by atomic mass is 32.2. The lowest BCUT2D eigenvalue weighted by molar-refractivity contribution is -0.384. The Balaban J connectivity index is 2.36. The minimum atomic E-state index is -4.69. The van der Waals surface area contributed by atoms with Gasteiger partial charge in [0.25, 0.3) is 11.2 Å². The molecule has 0 unspecified atom stereocenters. The summed E-state index contributed by atoms with van der Waals surface area (Å²) in [6.07, 6.45) is -3.34. The maximum atomic E-state index is 14.3. The number of benzene rings is 2. The van der Waals surface area contributed by atoms with Gasteiger partial charge >= 0.3 is 11.9 Å². The van der Waals surface area contributed by atoms with E-state index in [0.29, 0.717) is 4.31 Å². The zero-order valence-electron chi connectivity index (χ0n) is 21.6. The van der Waals surface area contributed by atoms with Crippen LogP contribution in [0.25, 0.3) is 0 Å². The topological polar surface area (TPSA) is 153 Å². The molecule has 0 bridgehead atoms. The number of nitro groups is 1. The normalized spacial score (nSPS) is 19.8. The number of rotatable bonds is 8. The van der Waals surface area contributed by atoms with E-state index in [4.69, 9.17) is 9.47 Å². The van der Waals surface area contributed by atoms with Crippen LogP contribution in [0.5, 0.6) is 0 Å². The molecule has 11 nitrogen and oxygen atoms in total. The van der Waals surface area contributed by atoms with E-state index in [-0.39, 0.29) is 21.9 Å². The number of hydrogen-bond acceptors (Lipinski definition) is 10. The van der Waals surface area contributed by atoms with Crippen LogP contribution in [0.2, 0.25) is 0 Å². The molecular weight excluding hydrogens is 536 g/mol.